The zero-order chi connectivity index (χ0) is 13.9. The van der Waals surface area contributed by atoms with Crippen LogP contribution >= 0.6 is 0 Å². The molecule has 0 radical (unpaired) electrons. The molecule has 0 spiro atoms. The second-order valence-corrected chi connectivity index (χ2v) is 5.48. The average molecular weight is 269 g/mol. The van der Waals surface area contributed by atoms with Crippen molar-refractivity contribution in [2.45, 2.75) is 46.0 Å². The minimum Gasteiger partial charge on any atom is -0.356 e. The Hall–Kier alpha value is -0.610. The molecule has 0 aromatic carbocycles. The molecule has 1 rings (SSSR count). The van der Waals surface area contributed by atoms with E-state index in [0.29, 0.717) is 0 Å². The van der Waals surface area contributed by atoms with Gasteiger partial charge in [0.25, 0.3) is 0 Å². The molecule has 4 heteroatoms. The molecule has 1 saturated heterocycles. The van der Waals surface area contributed by atoms with E-state index in [9.17, 15) is 4.79 Å². The van der Waals surface area contributed by atoms with Gasteiger partial charge in [0, 0.05) is 38.6 Å². The molecule has 1 amide bonds. The van der Waals surface area contributed by atoms with Crippen molar-refractivity contribution < 1.29 is 4.79 Å². The predicted molar refractivity (Wildman–Crippen MR) is 80.2 cm³/mol. The summed E-state index contributed by atoms with van der Waals surface area (Å²) in [4.78, 5) is 14.5. The normalized spacial score (nSPS) is 18.2. The molecule has 1 aliphatic rings. The summed E-state index contributed by atoms with van der Waals surface area (Å²) in [5.74, 6) is 0.482. The Morgan fingerprint density at radius 3 is 2.63 bits per heavy atom. The standard InChI is InChI=1S/C15H31N3O/c1-3-5-7-14(4-2)15(19)17-8-6-11-18-12-9-16-10-13-18/h14,16H,3-13H2,1-2H3,(H,17,19). The lowest BCUT2D eigenvalue weighted by atomic mass is 9.98. The molecule has 0 bridgehead atoms. The van der Waals surface area contributed by atoms with Crippen LogP contribution in [0.15, 0.2) is 0 Å². The van der Waals surface area contributed by atoms with Gasteiger partial charge in [-0.25, -0.2) is 0 Å². The third kappa shape index (κ3) is 6.92. The van der Waals surface area contributed by atoms with E-state index in [1.54, 1.807) is 0 Å². The Morgan fingerprint density at radius 1 is 1.26 bits per heavy atom. The van der Waals surface area contributed by atoms with Gasteiger partial charge >= 0.3 is 0 Å². The lowest BCUT2D eigenvalue weighted by Crippen LogP contribution is -2.44. The van der Waals surface area contributed by atoms with E-state index in [0.717, 1.165) is 65.0 Å². The van der Waals surface area contributed by atoms with Crippen LogP contribution in [0.5, 0.6) is 0 Å². The van der Waals surface area contributed by atoms with Crippen molar-refractivity contribution >= 4 is 5.91 Å². The SMILES string of the molecule is CCCCC(CC)C(=O)NCCCN1CCNCC1. The fraction of sp³-hybridized carbons (Fsp3) is 0.933. The molecule has 1 heterocycles. The maximum atomic E-state index is 12.0. The summed E-state index contributed by atoms with van der Waals surface area (Å²) in [6.07, 6.45) is 5.40. The Labute approximate surface area is 118 Å². The molecule has 1 aliphatic heterocycles. The lowest BCUT2D eigenvalue weighted by molar-refractivity contribution is -0.125. The maximum absolute atomic E-state index is 12.0. The summed E-state index contributed by atoms with van der Waals surface area (Å²) < 4.78 is 0. The van der Waals surface area contributed by atoms with E-state index < -0.39 is 0 Å². The lowest BCUT2D eigenvalue weighted by Gasteiger charge is -2.27. The highest BCUT2D eigenvalue weighted by Crippen LogP contribution is 2.12. The molecule has 112 valence electrons. The van der Waals surface area contributed by atoms with Gasteiger partial charge in [0.05, 0.1) is 0 Å². The largest absolute Gasteiger partial charge is 0.356 e. The molecule has 0 aromatic rings. The summed E-state index contributed by atoms with van der Waals surface area (Å²) >= 11 is 0. The fourth-order valence-corrected chi connectivity index (χ4v) is 2.56. The fourth-order valence-electron chi connectivity index (χ4n) is 2.56. The number of carbonyl (C=O) groups is 1. The molecule has 1 atom stereocenters. The summed E-state index contributed by atoms with van der Waals surface area (Å²) in [6.45, 7) is 10.7. The van der Waals surface area contributed by atoms with Gasteiger partial charge in [0.2, 0.25) is 5.91 Å². The van der Waals surface area contributed by atoms with Gasteiger partial charge in [-0.1, -0.05) is 26.7 Å². The molecular weight excluding hydrogens is 238 g/mol. The highest BCUT2D eigenvalue weighted by Gasteiger charge is 2.15. The highest BCUT2D eigenvalue weighted by molar-refractivity contribution is 5.78. The Balaban J connectivity index is 2.07. The molecule has 1 fully saturated rings. The van der Waals surface area contributed by atoms with Crippen molar-refractivity contribution in [2.75, 3.05) is 39.3 Å². The van der Waals surface area contributed by atoms with Gasteiger partial charge in [-0.05, 0) is 25.8 Å². The van der Waals surface area contributed by atoms with Gasteiger partial charge in [0.15, 0.2) is 0 Å². The van der Waals surface area contributed by atoms with Crippen molar-refractivity contribution in [2.24, 2.45) is 5.92 Å². The monoisotopic (exact) mass is 269 g/mol. The van der Waals surface area contributed by atoms with Crippen LogP contribution in [0.25, 0.3) is 0 Å². The molecule has 2 N–H and O–H groups in total. The van der Waals surface area contributed by atoms with Crippen LogP contribution in [-0.2, 0) is 4.79 Å². The average Bonchev–Trinajstić information content (AvgIpc) is 2.45. The van der Waals surface area contributed by atoms with Gasteiger partial charge in [-0.3, -0.25) is 4.79 Å². The van der Waals surface area contributed by atoms with Crippen LogP contribution in [0, 0.1) is 5.92 Å². The van der Waals surface area contributed by atoms with E-state index in [4.69, 9.17) is 0 Å². The van der Waals surface area contributed by atoms with Crippen LogP contribution in [-0.4, -0.2) is 50.1 Å². The van der Waals surface area contributed by atoms with Crippen molar-refractivity contribution in [3.8, 4) is 0 Å². The molecule has 1 unspecified atom stereocenters. The van der Waals surface area contributed by atoms with Crippen LogP contribution < -0.4 is 10.6 Å². The van der Waals surface area contributed by atoms with E-state index in [2.05, 4.69) is 29.4 Å². The van der Waals surface area contributed by atoms with Gasteiger partial charge in [0.1, 0.15) is 0 Å². The summed E-state index contributed by atoms with van der Waals surface area (Å²) in [7, 11) is 0. The number of carbonyl (C=O) groups excluding carboxylic acids is 1. The zero-order valence-corrected chi connectivity index (χ0v) is 12.7. The first-order valence-corrected chi connectivity index (χ1v) is 7.98. The quantitative estimate of drug-likeness (QED) is 0.625. The molecule has 0 aromatic heterocycles. The Morgan fingerprint density at radius 2 is 2.00 bits per heavy atom. The number of amides is 1. The summed E-state index contributed by atoms with van der Waals surface area (Å²) in [5.41, 5.74) is 0. The van der Waals surface area contributed by atoms with E-state index in [-0.39, 0.29) is 11.8 Å². The van der Waals surface area contributed by atoms with Crippen molar-refractivity contribution in [1.82, 2.24) is 15.5 Å². The van der Waals surface area contributed by atoms with Crippen LogP contribution in [0.2, 0.25) is 0 Å². The van der Waals surface area contributed by atoms with E-state index >= 15 is 0 Å². The molecule has 4 nitrogen and oxygen atoms in total. The number of unbranched alkanes of at least 4 members (excludes halogenated alkanes) is 1. The van der Waals surface area contributed by atoms with Crippen molar-refractivity contribution in [1.29, 1.82) is 0 Å². The highest BCUT2D eigenvalue weighted by atomic mass is 16.1. The number of piperazine rings is 1. The predicted octanol–water partition coefficient (Wildman–Crippen LogP) is 1.61. The zero-order valence-electron chi connectivity index (χ0n) is 12.7. The minimum atomic E-state index is 0.221. The van der Waals surface area contributed by atoms with E-state index in [1.165, 1.54) is 6.42 Å². The Bertz CT molecular complexity index is 240. The molecule has 0 aliphatic carbocycles. The second kappa shape index (κ2) is 10.2. The van der Waals surface area contributed by atoms with Crippen LogP contribution in [0.4, 0.5) is 0 Å². The van der Waals surface area contributed by atoms with Crippen molar-refractivity contribution in [3.63, 3.8) is 0 Å². The third-order valence-corrected chi connectivity index (χ3v) is 3.93. The number of rotatable bonds is 9. The van der Waals surface area contributed by atoms with Crippen LogP contribution in [0.1, 0.15) is 46.0 Å². The van der Waals surface area contributed by atoms with E-state index in [1.807, 2.05) is 0 Å². The topological polar surface area (TPSA) is 44.4 Å². The number of nitrogens with zero attached hydrogens (tertiary/aromatic N) is 1. The first-order valence-electron chi connectivity index (χ1n) is 7.98. The smallest absolute Gasteiger partial charge is 0.223 e. The number of nitrogens with one attached hydrogen (secondary N) is 2. The van der Waals surface area contributed by atoms with Gasteiger partial charge in [-0.2, -0.15) is 0 Å². The summed E-state index contributed by atoms with van der Waals surface area (Å²) in [5, 5.41) is 6.45. The molecule has 19 heavy (non-hydrogen) atoms. The Kier molecular flexibility index (Phi) is 8.84. The van der Waals surface area contributed by atoms with Gasteiger partial charge < -0.3 is 15.5 Å². The van der Waals surface area contributed by atoms with Crippen molar-refractivity contribution in [3.05, 3.63) is 0 Å². The first-order chi connectivity index (χ1) is 9.27. The second-order valence-electron chi connectivity index (χ2n) is 5.48. The molecular formula is C15H31N3O. The minimum absolute atomic E-state index is 0.221. The third-order valence-electron chi connectivity index (χ3n) is 3.93. The van der Waals surface area contributed by atoms with Crippen LogP contribution in [0.3, 0.4) is 0 Å². The molecule has 0 saturated carbocycles. The number of hydrogen-bond donors (Lipinski definition) is 2. The first kappa shape index (κ1) is 16.4. The summed E-state index contributed by atoms with van der Waals surface area (Å²) in [6, 6.07) is 0. The maximum Gasteiger partial charge on any atom is 0.223 e. The number of hydrogen-bond acceptors (Lipinski definition) is 3. The van der Waals surface area contributed by atoms with Gasteiger partial charge in [-0.15, -0.1) is 0 Å².